The summed E-state index contributed by atoms with van der Waals surface area (Å²) in [4.78, 5) is 26.2. The van der Waals surface area contributed by atoms with Crippen molar-refractivity contribution in [1.29, 1.82) is 0 Å². The number of carbonyl (C=O) groups is 2. The zero-order chi connectivity index (χ0) is 20.6. The SMILES string of the molecule is Cc1[nH]nc(CCC(=O)N[C@@H]2CS(=O)(=O)[C@H]3CN(C(=O)NC(C)C)C[C@@H]23)c1C. The molecule has 3 atom stereocenters. The summed E-state index contributed by atoms with van der Waals surface area (Å²) in [6.45, 7) is 8.12. The van der Waals surface area contributed by atoms with Gasteiger partial charge in [0.05, 0.1) is 16.7 Å². The van der Waals surface area contributed by atoms with E-state index in [2.05, 4.69) is 20.8 Å². The van der Waals surface area contributed by atoms with Crippen LogP contribution in [0.1, 0.15) is 37.2 Å². The number of fused-ring (bicyclic) bond motifs is 1. The zero-order valence-corrected chi connectivity index (χ0v) is 17.6. The van der Waals surface area contributed by atoms with Gasteiger partial charge in [-0.2, -0.15) is 5.10 Å². The van der Waals surface area contributed by atoms with E-state index in [0.717, 1.165) is 17.0 Å². The van der Waals surface area contributed by atoms with Gasteiger partial charge in [0.2, 0.25) is 5.91 Å². The van der Waals surface area contributed by atoms with Gasteiger partial charge in [-0.05, 0) is 33.3 Å². The second kappa shape index (κ2) is 7.73. The first-order valence-corrected chi connectivity index (χ1v) is 11.4. The van der Waals surface area contributed by atoms with Gasteiger partial charge in [-0.3, -0.25) is 9.89 Å². The summed E-state index contributed by atoms with van der Waals surface area (Å²) in [6, 6.07) is -0.732. The van der Waals surface area contributed by atoms with Crippen molar-refractivity contribution in [3.8, 4) is 0 Å². The van der Waals surface area contributed by atoms with Gasteiger partial charge in [0, 0.05) is 49.6 Å². The molecule has 1 aromatic rings. The van der Waals surface area contributed by atoms with Crippen LogP contribution >= 0.6 is 0 Å². The van der Waals surface area contributed by atoms with Crippen molar-refractivity contribution in [2.75, 3.05) is 18.8 Å². The van der Waals surface area contributed by atoms with E-state index in [-0.39, 0.29) is 42.6 Å². The Labute approximate surface area is 165 Å². The molecule has 1 aromatic heterocycles. The standard InChI is InChI=1S/C18H29N5O4S/c1-10(2)19-18(25)23-7-13-15(9-28(26,27)16(13)8-23)20-17(24)6-5-14-11(3)12(4)21-22-14/h10,13,15-16H,5-9H2,1-4H3,(H,19,25)(H,20,24)(H,21,22)/t13-,15+,16-/m0/s1. The number of nitrogens with zero attached hydrogens (tertiary/aromatic N) is 2. The quantitative estimate of drug-likeness (QED) is 0.642. The van der Waals surface area contributed by atoms with E-state index in [9.17, 15) is 18.0 Å². The molecule has 0 bridgehead atoms. The van der Waals surface area contributed by atoms with Gasteiger partial charge in [-0.15, -0.1) is 0 Å². The molecule has 3 heterocycles. The first-order valence-electron chi connectivity index (χ1n) is 9.65. The molecule has 2 aliphatic heterocycles. The highest BCUT2D eigenvalue weighted by Crippen LogP contribution is 2.34. The number of amides is 3. The maximum absolute atomic E-state index is 12.5. The lowest BCUT2D eigenvalue weighted by Gasteiger charge is -2.22. The van der Waals surface area contributed by atoms with Crippen LogP contribution in [-0.2, 0) is 21.1 Å². The summed E-state index contributed by atoms with van der Waals surface area (Å²) in [5, 5.41) is 12.2. The number of urea groups is 1. The minimum absolute atomic E-state index is 0.0193. The topological polar surface area (TPSA) is 124 Å². The number of nitrogens with one attached hydrogen (secondary N) is 3. The molecule has 3 rings (SSSR count). The monoisotopic (exact) mass is 411 g/mol. The van der Waals surface area contributed by atoms with E-state index < -0.39 is 21.1 Å². The number of aromatic nitrogens is 2. The third kappa shape index (κ3) is 4.16. The fraction of sp³-hybridized carbons (Fsp3) is 0.722. The van der Waals surface area contributed by atoms with Crippen molar-refractivity contribution >= 4 is 21.8 Å². The van der Waals surface area contributed by atoms with Crippen LogP contribution in [0.2, 0.25) is 0 Å². The summed E-state index contributed by atoms with van der Waals surface area (Å²) in [6.07, 6.45) is 0.745. The number of aryl methyl sites for hydroxylation is 2. The molecule has 9 nitrogen and oxygen atoms in total. The average molecular weight is 412 g/mol. The molecule has 156 valence electrons. The first-order chi connectivity index (χ1) is 13.1. The molecule has 28 heavy (non-hydrogen) atoms. The average Bonchev–Trinajstić information content (AvgIpc) is 3.23. The van der Waals surface area contributed by atoms with Gasteiger partial charge in [-0.25, -0.2) is 13.2 Å². The minimum atomic E-state index is -3.34. The summed E-state index contributed by atoms with van der Waals surface area (Å²) in [5.74, 6) is -0.513. The van der Waals surface area contributed by atoms with Crippen molar-refractivity contribution in [3.05, 3.63) is 17.0 Å². The predicted octanol–water partition coefficient (Wildman–Crippen LogP) is 0.291. The molecule has 3 amide bonds. The van der Waals surface area contributed by atoms with E-state index in [1.54, 1.807) is 4.90 Å². The van der Waals surface area contributed by atoms with E-state index in [0.29, 0.717) is 13.0 Å². The smallest absolute Gasteiger partial charge is 0.317 e. The van der Waals surface area contributed by atoms with Crippen LogP contribution < -0.4 is 10.6 Å². The van der Waals surface area contributed by atoms with Gasteiger partial charge in [0.25, 0.3) is 0 Å². The Morgan fingerprint density at radius 2 is 2.00 bits per heavy atom. The lowest BCUT2D eigenvalue weighted by atomic mass is 10.00. The van der Waals surface area contributed by atoms with Crippen LogP contribution in [0, 0.1) is 19.8 Å². The zero-order valence-electron chi connectivity index (χ0n) is 16.8. The predicted molar refractivity (Wildman–Crippen MR) is 105 cm³/mol. The lowest BCUT2D eigenvalue weighted by molar-refractivity contribution is -0.121. The molecular weight excluding hydrogens is 382 g/mol. The van der Waals surface area contributed by atoms with Crippen LogP contribution in [0.3, 0.4) is 0 Å². The van der Waals surface area contributed by atoms with Crippen molar-refractivity contribution < 1.29 is 18.0 Å². The Balaban J connectivity index is 1.60. The summed E-state index contributed by atoms with van der Waals surface area (Å²) >= 11 is 0. The normalized spacial score (nSPS) is 25.8. The molecule has 0 radical (unpaired) electrons. The molecule has 0 unspecified atom stereocenters. The molecule has 2 aliphatic rings. The van der Waals surface area contributed by atoms with Crippen molar-refractivity contribution in [3.63, 3.8) is 0 Å². The number of hydrogen-bond donors (Lipinski definition) is 3. The summed E-state index contributed by atoms with van der Waals surface area (Å²) in [7, 11) is -3.34. The van der Waals surface area contributed by atoms with E-state index in [1.807, 2.05) is 27.7 Å². The first kappa shape index (κ1) is 20.6. The maximum atomic E-state index is 12.5. The van der Waals surface area contributed by atoms with Crippen LogP contribution in [0.5, 0.6) is 0 Å². The van der Waals surface area contributed by atoms with Crippen molar-refractivity contribution in [2.24, 2.45) is 5.92 Å². The molecular formula is C18H29N5O4S. The second-order valence-electron chi connectivity index (χ2n) is 8.14. The Hall–Kier alpha value is -2.10. The molecule has 3 N–H and O–H groups in total. The third-order valence-corrected chi connectivity index (χ3v) is 7.93. The molecule has 2 fully saturated rings. The second-order valence-corrected chi connectivity index (χ2v) is 10.4. The number of carbonyl (C=O) groups excluding carboxylic acids is 2. The molecule has 10 heteroatoms. The van der Waals surface area contributed by atoms with E-state index >= 15 is 0 Å². The summed E-state index contributed by atoms with van der Waals surface area (Å²) in [5.41, 5.74) is 2.87. The molecule has 0 aliphatic carbocycles. The number of aromatic amines is 1. The highest BCUT2D eigenvalue weighted by molar-refractivity contribution is 7.92. The van der Waals surface area contributed by atoms with Crippen molar-refractivity contribution in [2.45, 2.75) is 57.9 Å². The fourth-order valence-corrected chi connectivity index (χ4v) is 6.30. The highest BCUT2D eigenvalue weighted by atomic mass is 32.2. The lowest BCUT2D eigenvalue weighted by Crippen LogP contribution is -2.45. The maximum Gasteiger partial charge on any atom is 0.317 e. The molecule has 0 saturated carbocycles. The Morgan fingerprint density at radius 3 is 2.61 bits per heavy atom. The third-order valence-electron chi connectivity index (χ3n) is 5.69. The Kier molecular flexibility index (Phi) is 5.69. The largest absolute Gasteiger partial charge is 0.352 e. The molecule has 0 aromatic carbocycles. The Bertz CT molecular complexity index is 863. The molecule has 0 spiro atoms. The van der Waals surface area contributed by atoms with Crippen LogP contribution in [0.15, 0.2) is 0 Å². The van der Waals surface area contributed by atoms with Crippen LogP contribution in [0.4, 0.5) is 4.79 Å². The van der Waals surface area contributed by atoms with Crippen molar-refractivity contribution in [1.82, 2.24) is 25.7 Å². The highest BCUT2D eigenvalue weighted by Gasteiger charge is 2.53. The van der Waals surface area contributed by atoms with E-state index in [4.69, 9.17) is 0 Å². The number of likely N-dealkylation sites (tertiary alicyclic amines) is 1. The minimum Gasteiger partial charge on any atom is -0.352 e. The molecule has 2 saturated heterocycles. The van der Waals surface area contributed by atoms with E-state index in [1.165, 1.54) is 0 Å². The number of rotatable bonds is 5. The van der Waals surface area contributed by atoms with Gasteiger partial charge in [0.15, 0.2) is 9.84 Å². The Morgan fingerprint density at radius 1 is 1.29 bits per heavy atom. The van der Waals surface area contributed by atoms with Crippen LogP contribution in [-0.4, -0.2) is 71.6 Å². The van der Waals surface area contributed by atoms with Crippen LogP contribution in [0.25, 0.3) is 0 Å². The summed E-state index contributed by atoms with van der Waals surface area (Å²) < 4.78 is 25.1. The fourth-order valence-electron chi connectivity index (χ4n) is 4.01. The van der Waals surface area contributed by atoms with Gasteiger partial charge in [-0.1, -0.05) is 0 Å². The van der Waals surface area contributed by atoms with Gasteiger partial charge >= 0.3 is 6.03 Å². The van der Waals surface area contributed by atoms with Gasteiger partial charge in [0.1, 0.15) is 0 Å². The number of hydrogen-bond acceptors (Lipinski definition) is 5. The van der Waals surface area contributed by atoms with Gasteiger partial charge < -0.3 is 15.5 Å². The number of sulfone groups is 1. The number of H-pyrrole nitrogens is 1.